The van der Waals surface area contributed by atoms with Gasteiger partial charge in [0, 0.05) is 12.8 Å². The maximum absolute atomic E-state index is 12.6. The molecule has 0 rings (SSSR count). The van der Waals surface area contributed by atoms with E-state index in [1.54, 1.807) is 0 Å². The van der Waals surface area contributed by atoms with Gasteiger partial charge in [-0.2, -0.15) is 0 Å². The number of unbranched alkanes of at least 4 members (excludes halogenated alkanes) is 33. The molecule has 10 nitrogen and oxygen atoms in total. The molecular formula is C50H97O10P. The van der Waals surface area contributed by atoms with E-state index in [1.165, 1.54) is 186 Å². The molecule has 362 valence electrons. The predicted octanol–water partition coefficient (Wildman–Crippen LogP) is 14.3. The van der Waals surface area contributed by atoms with Crippen LogP contribution in [0.25, 0.3) is 0 Å². The summed E-state index contributed by atoms with van der Waals surface area (Å²) in [7, 11) is -4.62. The van der Waals surface area contributed by atoms with Gasteiger partial charge in [0.25, 0.3) is 0 Å². The number of phosphoric ester groups is 1. The summed E-state index contributed by atoms with van der Waals surface area (Å²) in [5.74, 6) is -0.965. The van der Waals surface area contributed by atoms with Crippen LogP contribution in [0.4, 0.5) is 0 Å². The summed E-state index contributed by atoms with van der Waals surface area (Å²) in [4.78, 5) is 35.1. The standard InChI is InChI=1S/C50H97O10P/c1-3-5-7-9-11-13-15-17-19-20-21-22-23-24-25-26-28-29-31-33-35-37-39-41-49(53)57-45-48(46-59-61(55,56)58-44-47(52)43-51)60-50(54)42-40-38-36-34-32-30-27-18-16-14-12-10-8-6-4-2/h36,38,47-48,51-52H,3-35,37,39-46H2,1-2H3,(H,55,56)/b38-36+/t47-,48+/m1/s1. The quantitative estimate of drug-likeness (QED) is 0.0233. The molecule has 0 heterocycles. The van der Waals surface area contributed by atoms with Crippen LogP contribution >= 0.6 is 7.82 Å². The molecule has 0 radical (unpaired) electrons. The van der Waals surface area contributed by atoms with Crippen LogP contribution in [0.15, 0.2) is 12.2 Å². The van der Waals surface area contributed by atoms with Gasteiger partial charge in [-0.15, -0.1) is 0 Å². The molecule has 0 amide bonds. The van der Waals surface area contributed by atoms with Crippen molar-refractivity contribution in [3.8, 4) is 0 Å². The van der Waals surface area contributed by atoms with Crippen molar-refractivity contribution < 1.29 is 47.8 Å². The van der Waals surface area contributed by atoms with Gasteiger partial charge in [0.1, 0.15) is 12.7 Å². The van der Waals surface area contributed by atoms with Crippen molar-refractivity contribution in [3.63, 3.8) is 0 Å². The van der Waals surface area contributed by atoms with Crippen LogP contribution in [0.2, 0.25) is 0 Å². The number of phosphoric acid groups is 1. The summed E-state index contributed by atoms with van der Waals surface area (Å²) in [5, 5.41) is 18.4. The fraction of sp³-hybridized carbons (Fsp3) is 0.920. The second-order valence-corrected chi connectivity index (χ2v) is 19.0. The van der Waals surface area contributed by atoms with Crippen LogP contribution in [0.5, 0.6) is 0 Å². The number of rotatable bonds is 49. The van der Waals surface area contributed by atoms with Gasteiger partial charge >= 0.3 is 19.8 Å². The molecule has 0 bridgehead atoms. The first-order valence-electron chi connectivity index (χ1n) is 25.6. The largest absolute Gasteiger partial charge is 0.472 e. The highest BCUT2D eigenvalue weighted by Gasteiger charge is 2.27. The van der Waals surface area contributed by atoms with Crippen molar-refractivity contribution in [2.75, 3.05) is 26.4 Å². The molecule has 3 N–H and O–H groups in total. The maximum atomic E-state index is 12.6. The average molecular weight is 889 g/mol. The molecule has 0 saturated carbocycles. The van der Waals surface area contributed by atoms with Crippen LogP contribution < -0.4 is 0 Å². The van der Waals surface area contributed by atoms with Crippen LogP contribution in [-0.4, -0.2) is 65.7 Å². The van der Waals surface area contributed by atoms with Crippen LogP contribution in [0.3, 0.4) is 0 Å². The molecule has 0 spiro atoms. The molecule has 0 aliphatic rings. The molecular weight excluding hydrogens is 792 g/mol. The molecule has 0 aliphatic carbocycles. The fourth-order valence-corrected chi connectivity index (χ4v) is 8.27. The summed E-state index contributed by atoms with van der Waals surface area (Å²) in [6, 6.07) is 0. The lowest BCUT2D eigenvalue weighted by Gasteiger charge is -2.20. The third-order valence-electron chi connectivity index (χ3n) is 11.4. The zero-order chi connectivity index (χ0) is 44.8. The van der Waals surface area contributed by atoms with Gasteiger partial charge in [-0.05, 0) is 25.7 Å². The summed E-state index contributed by atoms with van der Waals surface area (Å²) >= 11 is 0. The summed E-state index contributed by atoms with van der Waals surface area (Å²) in [6.07, 6.45) is 47.7. The number of hydrogen-bond acceptors (Lipinski definition) is 9. The topological polar surface area (TPSA) is 149 Å². The third-order valence-corrected chi connectivity index (χ3v) is 12.4. The van der Waals surface area contributed by atoms with Crippen LogP contribution in [0.1, 0.15) is 258 Å². The SMILES string of the molecule is CCCCCCCCCCCCC/C=C/CCC(=O)O[C@@H](COC(=O)CCCCCCCCCCCCCCCCCCCCCCCCC)COP(=O)(O)OC[C@H](O)CO. The monoisotopic (exact) mass is 889 g/mol. The number of carbonyl (C=O) groups excluding carboxylic acids is 2. The highest BCUT2D eigenvalue weighted by atomic mass is 31.2. The Hall–Kier alpha value is -1.29. The van der Waals surface area contributed by atoms with Crippen LogP contribution in [-0.2, 0) is 32.7 Å². The minimum atomic E-state index is -4.62. The molecule has 11 heteroatoms. The zero-order valence-corrected chi connectivity index (χ0v) is 40.5. The van der Waals surface area contributed by atoms with E-state index < -0.39 is 51.8 Å². The molecule has 61 heavy (non-hydrogen) atoms. The minimum absolute atomic E-state index is 0.106. The Kier molecular flexibility index (Phi) is 45.7. The lowest BCUT2D eigenvalue weighted by molar-refractivity contribution is -0.161. The van der Waals surface area contributed by atoms with E-state index in [-0.39, 0.29) is 19.4 Å². The van der Waals surface area contributed by atoms with Gasteiger partial charge in [-0.1, -0.05) is 231 Å². The minimum Gasteiger partial charge on any atom is -0.462 e. The molecule has 0 saturated heterocycles. The van der Waals surface area contributed by atoms with Gasteiger partial charge in [-0.3, -0.25) is 18.6 Å². The third kappa shape index (κ3) is 46.5. The first-order chi connectivity index (χ1) is 29.7. The summed E-state index contributed by atoms with van der Waals surface area (Å²) in [6.45, 7) is 2.40. The van der Waals surface area contributed by atoms with Crippen molar-refractivity contribution in [2.45, 2.75) is 270 Å². The van der Waals surface area contributed by atoms with Gasteiger partial charge in [0.2, 0.25) is 0 Å². The first-order valence-corrected chi connectivity index (χ1v) is 27.1. The Morgan fingerprint density at radius 1 is 0.475 bits per heavy atom. The van der Waals surface area contributed by atoms with Crippen LogP contribution in [0, 0.1) is 0 Å². The fourth-order valence-electron chi connectivity index (χ4n) is 7.48. The normalized spacial score (nSPS) is 13.7. The number of esters is 2. The molecule has 0 aromatic rings. The summed E-state index contributed by atoms with van der Waals surface area (Å²) in [5.41, 5.74) is 0. The van der Waals surface area contributed by atoms with Crippen molar-refractivity contribution in [3.05, 3.63) is 12.2 Å². The number of ether oxygens (including phenoxy) is 2. The van der Waals surface area contributed by atoms with E-state index in [0.717, 1.165) is 32.1 Å². The number of allylic oxidation sites excluding steroid dienone is 2. The van der Waals surface area contributed by atoms with E-state index in [9.17, 15) is 24.2 Å². The summed E-state index contributed by atoms with van der Waals surface area (Å²) < 4.78 is 32.8. The molecule has 1 unspecified atom stereocenters. The number of carbonyl (C=O) groups is 2. The second-order valence-electron chi connectivity index (χ2n) is 17.6. The Morgan fingerprint density at radius 2 is 0.836 bits per heavy atom. The lowest BCUT2D eigenvalue weighted by atomic mass is 10.0. The zero-order valence-electron chi connectivity index (χ0n) is 39.7. The number of aliphatic hydroxyl groups excluding tert-OH is 2. The van der Waals surface area contributed by atoms with E-state index in [0.29, 0.717) is 12.8 Å². The Bertz CT molecular complexity index is 1020. The first kappa shape index (κ1) is 59.7. The maximum Gasteiger partial charge on any atom is 0.472 e. The van der Waals surface area contributed by atoms with Gasteiger partial charge in [0.15, 0.2) is 6.10 Å². The predicted molar refractivity (Wildman–Crippen MR) is 252 cm³/mol. The van der Waals surface area contributed by atoms with E-state index in [1.807, 2.05) is 6.08 Å². The molecule has 0 aromatic heterocycles. The van der Waals surface area contributed by atoms with Gasteiger partial charge in [-0.25, -0.2) is 4.57 Å². The van der Waals surface area contributed by atoms with Crippen molar-refractivity contribution >= 4 is 19.8 Å². The van der Waals surface area contributed by atoms with Gasteiger partial charge in [0.05, 0.1) is 19.8 Å². The Labute approximate surface area is 375 Å². The van der Waals surface area contributed by atoms with E-state index in [2.05, 4.69) is 19.9 Å². The Morgan fingerprint density at radius 3 is 1.25 bits per heavy atom. The second kappa shape index (κ2) is 46.7. The number of hydrogen-bond donors (Lipinski definition) is 3. The lowest BCUT2D eigenvalue weighted by Crippen LogP contribution is -2.29. The van der Waals surface area contributed by atoms with E-state index >= 15 is 0 Å². The molecule has 0 fully saturated rings. The molecule has 0 aromatic carbocycles. The average Bonchev–Trinajstić information content (AvgIpc) is 3.25. The molecule has 0 aliphatic heterocycles. The van der Waals surface area contributed by atoms with Gasteiger partial charge < -0.3 is 24.6 Å². The smallest absolute Gasteiger partial charge is 0.462 e. The van der Waals surface area contributed by atoms with E-state index in [4.69, 9.17) is 23.6 Å². The number of aliphatic hydroxyl groups is 2. The highest BCUT2D eigenvalue weighted by Crippen LogP contribution is 2.43. The van der Waals surface area contributed by atoms with Crippen molar-refractivity contribution in [1.82, 2.24) is 0 Å². The Balaban J connectivity index is 4.12. The van der Waals surface area contributed by atoms with Crippen molar-refractivity contribution in [1.29, 1.82) is 0 Å². The highest BCUT2D eigenvalue weighted by molar-refractivity contribution is 7.47. The van der Waals surface area contributed by atoms with Crippen molar-refractivity contribution in [2.24, 2.45) is 0 Å². The molecule has 3 atom stereocenters.